The Balaban J connectivity index is 1.71. The number of aryl methyl sites for hydroxylation is 2. The number of rotatable bonds is 4. The third-order valence-electron chi connectivity index (χ3n) is 4.75. The molecule has 136 valence electrons. The van der Waals surface area contributed by atoms with Crippen molar-refractivity contribution >= 4 is 10.0 Å². The van der Waals surface area contributed by atoms with E-state index < -0.39 is 15.6 Å². The highest BCUT2D eigenvalue weighted by molar-refractivity contribution is 7.89. The smallest absolute Gasteiger partial charge is 0.214 e. The predicted octanol–water partition coefficient (Wildman–Crippen LogP) is 0.495. The summed E-state index contributed by atoms with van der Waals surface area (Å²) >= 11 is 0. The maximum Gasteiger partial charge on any atom is 0.214 e. The zero-order valence-corrected chi connectivity index (χ0v) is 15.4. The summed E-state index contributed by atoms with van der Waals surface area (Å²) in [4.78, 5) is 4.31. The van der Waals surface area contributed by atoms with E-state index in [9.17, 15) is 8.42 Å². The summed E-state index contributed by atoms with van der Waals surface area (Å²) < 4.78 is 39.8. The molecule has 9 heteroatoms. The molecule has 0 saturated carbocycles. The molecule has 0 aromatic carbocycles. The van der Waals surface area contributed by atoms with Crippen molar-refractivity contribution < 1.29 is 17.9 Å². The normalized spacial score (nSPS) is 29.2. The molecule has 2 aliphatic rings. The first-order valence-corrected chi connectivity index (χ1v) is 10.1. The minimum absolute atomic E-state index is 0.00215. The Morgan fingerprint density at radius 3 is 2.83 bits per heavy atom. The van der Waals surface area contributed by atoms with Gasteiger partial charge >= 0.3 is 0 Å². The lowest BCUT2D eigenvalue weighted by atomic mass is 10.0. The van der Waals surface area contributed by atoms with Crippen LogP contribution in [0.2, 0.25) is 0 Å². The molecule has 1 aromatic rings. The first-order chi connectivity index (χ1) is 11.3. The van der Waals surface area contributed by atoms with E-state index in [0.717, 1.165) is 24.5 Å². The molecule has 2 saturated heterocycles. The largest absolute Gasteiger partial charge is 0.377 e. The second kappa shape index (κ2) is 6.70. The number of aromatic nitrogens is 3. The zero-order chi connectivity index (χ0) is 17.4. The van der Waals surface area contributed by atoms with Gasteiger partial charge in [0, 0.05) is 13.1 Å². The number of hydrogen-bond acceptors (Lipinski definition) is 6. The summed E-state index contributed by atoms with van der Waals surface area (Å²) in [6, 6.07) is 0. The standard InChI is InChI=1S/C15H26N4O4S/c1-4-24(20,21)18-7-8-22-11-15(10-18)6-5-14(23-15)9-19-13(3)16-12(2)17-19/h14H,4-11H2,1-3H3. The van der Waals surface area contributed by atoms with Crippen LogP contribution in [0.1, 0.15) is 31.4 Å². The molecule has 0 radical (unpaired) electrons. The lowest BCUT2D eigenvalue weighted by molar-refractivity contribution is -0.0861. The van der Waals surface area contributed by atoms with E-state index in [4.69, 9.17) is 9.47 Å². The zero-order valence-electron chi connectivity index (χ0n) is 14.6. The van der Waals surface area contributed by atoms with Gasteiger partial charge in [-0.15, -0.1) is 0 Å². The van der Waals surface area contributed by atoms with Crippen molar-refractivity contribution in [1.82, 2.24) is 19.1 Å². The van der Waals surface area contributed by atoms with Gasteiger partial charge in [0.15, 0.2) is 0 Å². The van der Waals surface area contributed by atoms with Crippen molar-refractivity contribution in [3.05, 3.63) is 11.6 Å². The van der Waals surface area contributed by atoms with Crippen LogP contribution in [0.15, 0.2) is 0 Å². The van der Waals surface area contributed by atoms with Crippen LogP contribution in [0, 0.1) is 13.8 Å². The lowest BCUT2D eigenvalue weighted by Gasteiger charge is -2.31. The van der Waals surface area contributed by atoms with Crippen molar-refractivity contribution in [2.24, 2.45) is 0 Å². The van der Waals surface area contributed by atoms with Gasteiger partial charge in [0.25, 0.3) is 0 Å². The molecule has 2 unspecified atom stereocenters. The average molecular weight is 358 g/mol. The van der Waals surface area contributed by atoms with Crippen LogP contribution in [-0.4, -0.2) is 71.2 Å². The number of ether oxygens (including phenoxy) is 2. The Morgan fingerprint density at radius 2 is 2.17 bits per heavy atom. The van der Waals surface area contributed by atoms with Crippen LogP contribution < -0.4 is 0 Å². The molecule has 24 heavy (non-hydrogen) atoms. The van der Waals surface area contributed by atoms with E-state index in [1.807, 2.05) is 18.5 Å². The first kappa shape index (κ1) is 17.8. The summed E-state index contributed by atoms with van der Waals surface area (Å²) in [5.74, 6) is 1.71. The Hall–Kier alpha value is -1.03. The maximum absolute atomic E-state index is 12.3. The molecule has 3 heterocycles. The maximum atomic E-state index is 12.3. The summed E-state index contributed by atoms with van der Waals surface area (Å²) in [6.07, 6.45) is 1.65. The molecule has 1 spiro atoms. The third kappa shape index (κ3) is 3.63. The number of nitrogens with zero attached hydrogens (tertiary/aromatic N) is 4. The molecule has 0 aliphatic carbocycles. The van der Waals surface area contributed by atoms with Crippen LogP contribution in [0.3, 0.4) is 0 Å². The van der Waals surface area contributed by atoms with Gasteiger partial charge in [-0.1, -0.05) is 0 Å². The molecule has 2 atom stereocenters. The fraction of sp³-hybridized carbons (Fsp3) is 0.867. The first-order valence-electron chi connectivity index (χ1n) is 8.45. The van der Waals surface area contributed by atoms with E-state index in [1.54, 1.807) is 6.92 Å². The minimum Gasteiger partial charge on any atom is -0.377 e. The molecule has 8 nitrogen and oxygen atoms in total. The lowest BCUT2D eigenvalue weighted by Crippen LogP contribution is -2.47. The SMILES string of the molecule is CCS(=O)(=O)N1CCOCC2(CCC(Cn3nc(C)nc3C)O2)C1. The molecular formula is C15H26N4O4S. The highest BCUT2D eigenvalue weighted by Gasteiger charge is 2.45. The van der Waals surface area contributed by atoms with E-state index in [2.05, 4.69) is 10.1 Å². The van der Waals surface area contributed by atoms with Gasteiger partial charge in [-0.2, -0.15) is 9.40 Å². The minimum atomic E-state index is -3.24. The van der Waals surface area contributed by atoms with E-state index in [0.29, 0.717) is 32.8 Å². The number of hydrogen-bond donors (Lipinski definition) is 0. The highest BCUT2D eigenvalue weighted by Crippen LogP contribution is 2.34. The van der Waals surface area contributed by atoms with Gasteiger partial charge in [0.2, 0.25) is 10.0 Å². The van der Waals surface area contributed by atoms with Gasteiger partial charge in [0.05, 0.1) is 31.6 Å². The van der Waals surface area contributed by atoms with E-state index in [1.165, 1.54) is 4.31 Å². The van der Waals surface area contributed by atoms with Crippen LogP contribution in [-0.2, 0) is 26.0 Å². The summed E-state index contributed by atoms with van der Waals surface area (Å²) in [5.41, 5.74) is -0.549. The van der Waals surface area contributed by atoms with Gasteiger partial charge < -0.3 is 9.47 Å². The number of sulfonamides is 1. The molecule has 2 aliphatic heterocycles. The van der Waals surface area contributed by atoms with Crippen LogP contribution in [0.5, 0.6) is 0 Å². The topological polar surface area (TPSA) is 86.6 Å². The summed E-state index contributed by atoms with van der Waals surface area (Å²) in [7, 11) is -3.24. The summed E-state index contributed by atoms with van der Waals surface area (Å²) in [5, 5.41) is 4.38. The second-order valence-corrected chi connectivity index (χ2v) is 8.89. The van der Waals surface area contributed by atoms with Gasteiger partial charge in [-0.25, -0.2) is 18.1 Å². The molecule has 0 N–H and O–H groups in total. The second-order valence-electron chi connectivity index (χ2n) is 6.64. The summed E-state index contributed by atoms with van der Waals surface area (Å²) in [6.45, 7) is 7.71. The fourth-order valence-electron chi connectivity index (χ4n) is 3.46. The molecule has 3 rings (SSSR count). The van der Waals surface area contributed by atoms with Crippen molar-refractivity contribution in [2.45, 2.75) is 51.9 Å². The monoisotopic (exact) mass is 358 g/mol. The van der Waals surface area contributed by atoms with Gasteiger partial charge in [-0.3, -0.25) is 0 Å². The van der Waals surface area contributed by atoms with E-state index in [-0.39, 0.29) is 11.9 Å². The molecular weight excluding hydrogens is 332 g/mol. The third-order valence-corrected chi connectivity index (χ3v) is 6.58. The van der Waals surface area contributed by atoms with Gasteiger partial charge in [-0.05, 0) is 33.6 Å². The van der Waals surface area contributed by atoms with Crippen molar-refractivity contribution in [3.63, 3.8) is 0 Å². The van der Waals surface area contributed by atoms with E-state index >= 15 is 0 Å². The Morgan fingerprint density at radius 1 is 1.38 bits per heavy atom. The molecule has 1 aromatic heterocycles. The van der Waals surface area contributed by atoms with Crippen molar-refractivity contribution in [3.8, 4) is 0 Å². The average Bonchev–Trinajstić information content (AvgIpc) is 2.97. The highest BCUT2D eigenvalue weighted by atomic mass is 32.2. The Kier molecular flexibility index (Phi) is 4.96. The van der Waals surface area contributed by atoms with Crippen molar-refractivity contribution in [2.75, 3.05) is 32.1 Å². The van der Waals surface area contributed by atoms with Crippen LogP contribution in [0.4, 0.5) is 0 Å². The molecule has 2 fully saturated rings. The van der Waals surface area contributed by atoms with Crippen molar-refractivity contribution in [1.29, 1.82) is 0 Å². The Bertz CT molecular complexity index is 690. The van der Waals surface area contributed by atoms with Crippen LogP contribution >= 0.6 is 0 Å². The fourth-order valence-corrected chi connectivity index (χ4v) is 4.61. The molecule has 0 bridgehead atoms. The predicted molar refractivity (Wildman–Crippen MR) is 88.2 cm³/mol. The quantitative estimate of drug-likeness (QED) is 0.779. The Labute approximate surface area is 143 Å². The molecule has 0 amide bonds. The van der Waals surface area contributed by atoms with Crippen LogP contribution in [0.25, 0.3) is 0 Å². The van der Waals surface area contributed by atoms with Gasteiger partial charge in [0.1, 0.15) is 17.2 Å².